The number of thioether (sulfide) groups is 1. The Bertz CT molecular complexity index is 946. The summed E-state index contributed by atoms with van der Waals surface area (Å²) in [4.78, 5) is 13.8. The highest BCUT2D eigenvalue weighted by molar-refractivity contribution is 7.99. The molecule has 144 valence electrons. The van der Waals surface area contributed by atoms with Crippen molar-refractivity contribution in [2.24, 2.45) is 5.92 Å². The van der Waals surface area contributed by atoms with Crippen molar-refractivity contribution in [1.82, 2.24) is 20.1 Å². The molecule has 2 aromatic heterocycles. The molecule has 2 aliphatic rings. The normalized spacial score (nSPS) is 17.4. The van der Waals surface area contributed by atoms with Crippen molar-refractivity contribution in [3.05, 3.63) is 53.4 Å². The van der Waals surface area contributed by atoms with E-state index in [1.807, 2.05) is 24.3 Å². The molecule has 5 nitrogen and oxygen atoms in total. The van der Waals surface area contributed by atoms with E-state index in [4.69, 9.17) is 0 Å². The summed E-state index contributed by atoms with van der Waals surface area (Å²) in [5.74, 6) is 1.93. The molecular weight excluding hydrogens is 388 g/mol. The fraction of sp³-hybridized carbons (Fsp3) is 0.381. The number of hydrogen-bond acceptors (Lipinski definition) is 5. The van der Waals surface area contributed by atoms with Gasteiger partial charge in [-0.15, -0.1) is 21.5 Å². The summed E-state index contributed by atoms with van der Waals surface area (Å²) in [7, 11) is 0. The van der Waals surface area contributed by atoms with Crippen molar-refractivity contribution in [2.75, 3.05) is 5.75 Å². The number of nitrogens with zero attached hydrogens (tertiary/aromatic N) is 3. The second-order valence-electron chi connectivity index (χ2n) is 7.47. The van der Waals surface area contributed by atoms with Crippen LogP contribution in [0.1, 0.15) is 43.3 Å². The fourth-order valence-electron chi connectivity index (χ4n) is 3.52. The van der Waals surface area contributed by atoms with Gasteiger partial charge in [0.05, 0.1) is 16.7 Å². The Morgan fingerprint density at radius 2 is 1.96 bits per heavy atom. The molecule has 1 amide bonds. The SMILES string of the molecule is O=C(CSc1nnc(-c2cccs2)n1C1CC1)NC(c1ccccc1)C1CC1. The van der Waals surface area contributed by atoms with E-state index >= 15 is 0 Å². The van der Waals surface area contributed by atoms with Gasteiger partial charge in [-0.2, -0.15) is 0 Å². The van der Waals surface area contributed by atoms with Gasteiger partial charge in [-0.1, -0.05) is 48.2 Å². The van der Waals surface area contributed by atoms with Crippen molar-refractivity contribution < 1.29 is 4.79 Å². The number of carbonyl (C=O) groups excluding carboxylic acids is 1. The number of thiophene rings is 1. The van der Waals surface area contributed by atoms with Crippen molar-refractivity contribution >= 4 is 29.0 Å². The van der Waals surface area contributed by atoms with Crippen molar-refractivity contribution in [2.45, 2.75) is 42.9 Å². The van der Waals surface area contributed by atoms with Gasteiger partial charge in [-0.3, -0.25) is 9.36 Å². The largest absolute Gasteiger partial charge is 0.348 e. The molecule has 1 unspecified atom stereocenters. The average Bonchev–Trinajstić information content (AvgIpc) is 3.65. The van der Waals surface area contributed by atoms with Gasteiger partial charge in [0.25, 0.3) is 0 Å². The molecule has 0 radical (unpaired) electrons. The first-order valence-corrected chi connectivity index (χ1v) is 11.6. The maximum atomic E-state index is 12.7. The van der Waals surface area contributed by atoms with E-state index in [1.54, 1.807) is 11.3 Å². The van der Waals surface area contributed by atoms with Crippen molar-refractivity contribution in [1.29, 1.82) is 0 Å². The molecule has 0 bridgehead atoms. The monoisotopic (exact) mass is 410 g/mol. The second-order valence-corrected chi connectivity index (χ2v) is 9.36. The van der Waals surface area contributed by atoms with Gasteiger partial charge in [0, 0.05) is 6.04 Å². The smallest absolute Gasteiger partial charge is 0.230 e. The summed E-state index contributed by atoms with van der Waals surface area (Å²) >= 11 is 3.17. The number of carbonyl (C=O) groups is 1. The van der Waals surface area contributed by atoms with E-state index in [-0.39, 0.29) is 11.9 Å². The number of nitrogens with one attached hydrogen (secondary N) is 1. The molecule has 1 N–H and O–H groups in total. The summed E-state index contributed by atoms with van der Waals surface area (Å²) < 4.78 is 2.22. The summed E-state index contributed by atoms with van der Waals surface area (Å²) in [6.07, 6.45) is 4.70. The van der Waals surface area contributed by atoms with Crippen LogP contribution in [0.5, 0.6) is 0 Å². The summed E-state index contributed by atoms with van der Waals surface area (Å²) in [6, 6.07) is 15.0. The van der Waals surface area contributed by atoms with Crippen LogP contribution in [-0.4, -0.2) is 26.4 Å². The third kappa shape index (κ3) is 3.86. The zero-order chi connectivity index (χ0) is 18.9. The second kappa shape index (κ2) is 7.72. The van der Waals surface area contributed by atoms with E-state index < -0.39 is 0 Å². The average molecular weight is 411 g/mol. The van der Waals surface area contributed by atoms with Gasteiger partial charge in [-0.05, 0) is 48.6 Å². The van der Waals surface area contributed by atoms with Crippen LogP contribution in [0.15, 0.2) is 53.0 Å². The molecule has 0 spiro atoms. The van der Waals surface area contributed by atoms with Crippen molar-refractivity contribution in [3.8, 4) is 10.7 Å². The quantitative estimate of drug-likeness (QED) is 0.547. The van der Waals surface area contributed by atoms with E-state index in [2.05, 4.69) is 43.7 Å². The molecule has 2 aliphatic carbocycles. The third-order valence-corrected chi connectivity index (χ3v) is 7.03. The topological polar surface area (TPSA) is 59.8 Å². The minimum Gasteiger partial charge on any atom is -0.348 e. The van der Waals surface area contributed by atoms with Gasteiger partial charge < -0.3 is 5.32 Å². The molecule has 2 saturated carbocycles. The van der Waals surface area contributed by atoms with E-state index in [0.717, 1.165) is 28.7 Å². The molecule has 2 fully saturated rings. The molecule has 3 aromatic rings. The molecule has 1 atom stereocenters. The van der Waals surface area contributed by atoms with Gasteiger partial charge >= 0.3 is 0 Å². The van der Waals surface area contributed by atoms with Crippen LogP contribution in [0.2, 0.25) is 0 Å². The highest BCUT2D eigenvalue weighted by Gasteiger charge is 2.34. The summed E-state index contributed by atoms with van der Waals surface area (Å²) in [6.45, 7) is 0. The lowest BCUT2D eigenvalue weighted by Crippen LogP contribution is -2.31. The van der Waals surface area contributed by atoms with Crippen molar-refractivity contribution in [3.63, 3.8) is 0 Å². The molecule has 0 saturated heterocycles. The first-order chi connectivity index (χ1) is 13.8. The standard InChI is InChI=1S/C21H22N4OS2/c26-18(22-19(15-8-9-15)14-5-2-1-3-6-14)13-28-21-24-23-20(17-7-4-12-27-17)25(21)16-10-11-16/h1-7,12,15-16,19H,8-11,13H2,(H,22,26). The first-order valence-electron chi connectivity index (χ1n) is 9.75. The lowest BCUT2D eigenvalue weighted by Gasteiger charge is -2.18. The number of amides is 1. The highest BCUT2D eigenvalue weighted by Crippen LogP contribution is 2.42. The molecule has 28 heavy (non-hydrogen) atoms. The van der Waals surface area contributed by atoms with E-state index in [0.29, 0.717) is 17.7 Å². The van der Waals surface area contributed by atoms with Crippen LogP contribution >= 0.6 is 23.1 Å². The van der Waals surface area contributed by atoms with Gasteiger partial charge in [0.1, 0.15) is 0 Å². The van der Waals surface area contributed by atoms with Crippen LogP contribution in [0.3, 0.4) is 0 Å². The summed E-state index contributed by atoms with van der Waals surface area (Å²) in [5, 5.41) is 15.0. The molecule has 1 aromatic carbocycles. The Morgan fingerprint density at radius 1 is 1.14 bits per heavy atom. The van der Waals surface area contributed by atoms with Crippen LogP contribution in [0.4, 0.5) is 0 Å². The van der Waals surface area contributed by atoms with Crippen LogP contribution < -0.4 is 5.32 Å². The Balaban J connectivity index is 1.27. The minimum absolute atomic E-state index is 0.0637. The maximum absolute atomic E-state index is 12.7. The zero-order valence-electron chi connectivity index (χ0n) is 15.5. The number of rotatable bonds is 8. The van der Waals surface area contributed by atoms with Gasteiger partial charge in [0.15, 0.2) is 11.0 Å². The molecule has 5 rings (SSSR count). The lowest BCUT2D eigenvalue weighted by atomic mass is 10.0. The third-order valence-electron chi connectivity index (χ3n) is 5.22. The Morgan fingerprint density at radius 3 is 2.64 bits per heavy atom. The molecular formula is C21H22N4OS2. The maximum Gasteiger partial charge on any atom is 0.230 e. The molecule has 7 heteroatoms. The number of aromatic nitrogens is 3. The van der Waals surface area contributed by atoms with E-state index in [9.17, 15) is 4.79 Å². The lowest BCUT2D eigenvalue weighted by molar-refractivity contribution is -0.119. The minimum atomic E-state index is 0.0637. The number of hydrogen-bond donors (Lipinski definition) is 1. The Hall–Kier alpha value is -2.12. The van der Waals surface area contributed by atoms with Crippen LogP contribution in [-0.2, 0) is 4.79 Å². The number of benzene rings is 1. The highest BCUT2D eigenvalue weighted by atomic mass is 32.2. The fourth-order valence-corrected chi connectivity index (χ4v) is 5.04. The van der Waals surface area contributed by atoms with E-state index in [1.165, 1.54) is 30.2 Å². The van der Waals surface area contributed by atoms with Crippen LogP contribution in [0.25, 0.3) is 10.7 Å². The predicted octanol–water partition coefficient (Wildman–Crippen LogP) is 4.70. The van der Waals surface area contributed by atoms with Gasteiger partial charge in [0.2, 0.25) is 5.91 Å². The zero-order valence-corrected chi connectivity index (χ0v) is 17.1. The molecule has 2 heterocycles. The van der Waals surface area contributed by atoms with Crippen LogP contribution in [0, 0.1) is 5.92 Å². The Labute approximate surface area is 172 Å². The summed E-state index contributed by atoms with van der Waals surface area (Å²) in [5.41, 5.74) is 1.20. The first kappa shape index (κ1) is 17.9. The van der Waals surface area contributed by atoms with Gasteiger partial charge in [-0.25, -0.2) is 0 Å². The Kier molecular flexibility index (Phi) is 4.94. The molecule has 0 aliphatic heterocycles. The predicted molar refractivity (Wildman–Crippen MR) is 112 cm³/mol.